The van der Waals surface area contributed by atoms with Gasteiger partial charge >= 0.3 is 0 Å². The van der Waals surface area contributed by atoms with E-state index in [0.29, 0.717) is 12.5 Å². The topological polar surface area (TPSA) is 43.9 Å². The summed E-state index contributed by atoms with van der Waals surface area (Å²) >= 11 is 0. The molecule has 1 atom stereocenters. The molecule has 1 aromatic carbocycles. The number of carbonyl (C=O) groups excluding carboxylic acids is 2. The molecule has 2 aliphatic heterocycles. The van der Waals surface area contributed by atoms with E-state index in [0.717, 1.165) is 64.8 Å². The second kappa shape index (κ2) is 8.42. The van der Waals surface area contributed by atoms with Gasteiger partial charge in [-0.25, -0.2) is 0 Å². The van der Waals surface area contributed by atoms with Gasteiger partial charge in [-0.05, 0) is 43.2 Å². The van der Waals surface area contributed by atoms with E-state index in [1.54, 1.807) is 4.90 Å². The molecule has 2 amide bonds. The summed E-state index contributed by atoms with van der Waals surface area (Å²) in [5, 5.41) is 0. The van der Waals surface area contributed by atoms with Gasteiger partial charge in [0, 0.05) is 45.2 Å². The fraction of sp³-hybridized carbons (Fsp3) is 0.636. The highest BCUT2D eigenvalue weighted by atomic mass is 16.2. The van der Waals surface area contributed by atoms with Crippen LogP contribution in [0.3, 0.4) is 0 Å². The number of hydrogen-bond donors (Lipinski definition) is 0. The van der Waals surface area contributed by atoms with E-state index in [1.807, 2.05) is 4.90 Å². The highest BCUT2D eigenvalue weighted by Crippen LogP contribution is 2.25. The van der Waals surface area contributed by atoms with Crippen LogP contribution in [0, 0.1) is 0 Å². The minimum atomic E-state index is 0.124. The van der Waals surface area contributed by atoms with Crippen LogP contribution in [-0.2, 0) is 22.4 Å². The van der Waals surface area contributed by atoms with E-state index < -0.39 is 0 Å². The van der Waals surface area contributed by atoms with Crippen LogP contribution < -0.4 is 0 Å². The quantitative estimate of drug-likeness (QED) is 0.819. The maximum Gasteiger partial charge on any atom is 0.242 e. The maximum absolute atomic E-state index is 12.7. The normalized spacial score (nSPS) is 24.4. The zero-order valence-electron chi connectivity index (χ0n) is 16.2. The molecule has 3 aliphatic rings. The van der Waals surface area contributed by atoms with Crippen molar-refractivity contribution in [1.29, 1.82) is 0 Å². The number of carbonyl (C=O) groups is 2. The molecule has 1 aromatic rings. The number of hydrogen-bond acceptors (Lipinski definition) is 3. The standard InChI is InChI=1S/C22H31N3O2/c26-21-8-2-1-5-11-25(21)17-22(27)24-14-12-23(13-15-24)20-10-9-18-6-3-4-7-19(18)16-20/h3-4,6-7,20H,1-2,5,8-17H2. The highest BCUT2D eigenvalue weighted by molar-refractivity contribution is 5.85. The van der Waals surface area contributed by atoms with Crippen LogP contribution in [0.1, 0.15) is 43.2 Å². The molecule has 0 bridgehead atoms. The van der Waals surface area contributed by atoms with Crippen LogP contribution in [0.4, 0.5) is 0 Å². The van der Waals surface area contributed by atoms with Crippen LogP contribution in [0.15, 0.2) is 24.3 Å². The summed E-state index contributed by atoms with van der Waals surface area (Å²) in [4.78, 5) is 31.1. The Morgan fingerprint density at radius 1 is 0.926 bits per heavy atom. The number of aryl methyl sites for hydroxylation is 1. The van der Waals surface area contributed by atoms with Gasteiger partial charge in [-0.3, -0.25) is 14.5 Å². The first-order valence-electron chi connectivity index (χ1n) is 10.6. The van der Waals surface area contributed by atoms with Crippen molar-refractivity contribution in [3.05, 3.63) is 35.4 Å². The van der Waals surface area contributed by atoms with Crippen molar-refractivity contribution in [3.63, 3.8) is 0 Å². The molecule has 5 nitrogen and oxygen atoms in total. The largest absolute Gasteiger partial charge is 0.339 e. The average Bonchev–Trinajstić information content (AvgIpc) is 2.92. The van der Waals surface area contributed by atoms with Crippen molar-refractivity contribution >= 4 is 11.8 Å². The van der Waals surface area contributed by atoms with Gasteiger partial charge in [0.25, 0.3) is 0 Å². The molecular weight excluding hydrogens is 338 g/mol. The minimum Gasteiger partial charge on any atom is -0.339 e. The minimum absolute atomic E-state index is 0.124. The summed E-state index contributed by atoms with van der Waals surface area (Å²) in [6.45, 7) is 4.50. The molecule has 0 saturated carbocycles. The van der Waals surface area contributed by atoms with E-state index in [9.17, 15) is 9.59 Å². The Labute approximate surface area is 162 Å². The molecule has 2 heterocycles. The molecule has 0 aromatic heterocycles. The molecule has 2 fully saturated rings. The van der Waals surface area contributed by atoms with Crippen LogP contribution in [0.5, 0.6) is 0 Å². The van der Waals surface area contributed by atoms with Crippen molar-refractivity contribution in [3.8, 4) is 0 Å². The Bertz CT molecular complexity index is 682. The van der Waals surface area contributed by atoms with Crippen molar-refractivity contribution in [2.45, 2.75) is 51.0 Å². The van der Waals surface area contributed by atoms with Gasteiger partial charge < -0.3 is 9.80 Å². The van der Waals surface area contributed by atoms with E-state index in [1.165, 1.54) is 17.5 Å². The average molecular weight is 370 g/mol. The summed E-state index contributed by atoms with van der Waals surface area (Å²) < 4.78 is 0. The lowest BCUT2D eigenvalue weighted by molar-refractivity contribution is -0.141. The maximum atomic E-state index is 12.7. The smallest absolute Gasteiger partial charge is 0.242 e. The summed E-state index contributed by atoms with van der Waals surface area (Å²) in [5.41, 5.74) is 3.00. The summed E-state index contributed by atoms with van der Waals surface area (Å²) in [6.07, 6.45) is 7.20. The zero-order valence-corrected chi connectivity index (χ0v) is 16.2. The summed E-state index contributed by atoms with van der Waals surface area (Å²) in [6, 6.07) is 9.40. The van der Waals surface area contributed by atoms with Crippen LogP contribution in [-0.4, -0.2) is 71.8 Å². The molecule has 2 saturated heterocycles. The number of piperazine rings is 1. The summed E-state index contributed by atoms with van der Waals surface area (Å²) in [5.74, 6) is 0.277. The fourth-order valence-electron chi connectivity index (χ4n) is 4.80. The van der Waals surface area contributed by atoms with Gasteiger partial charge in [0.15, 0.2) is 0 Å². The van der Waals surface area contributed by atoms with Gasteiger partial charge in [-0.2, -0.15) is 0 Å². The molecule has 0 N–H and O–H groups in total. The van der Waals surface area contributed by atoms with Crippen LogP contribution >= 0.6 is 0 Å². The van der Waals surface area contributed by atoms with Crippen LogP contribution in [0.2, 0.25) is 0 Å². The van der Waals surface area contributed by atoms with Crippen LogP contribution in [0.25, 0.3) is 0 Å². The Hall–Kier alpha value is -1.88. The van der Waals surface area contributed by atoms with Gasteiger partial charge in [0.05, 0.1) is 6.54 Å². The van der Waals surface area contributed by atoms with Crippen molar-refractivity contribution < 1.29 is 9.59 Å². The molecule has 1 aliphatic carbocycles. The third kappa shape index (κ3) is 4.34. The number of benzene rings is 1. The molecular formula is C22H31N3O2. The monoisotopic (exact) mass is 369 g/mol. The first-order chi connectivity index (χ1) is 13.2. The summed E-state index contributed by atoms with van der Waals surface area (Å²) in [7, 11) is 0. The molecule has 146 valence electrons. The lowest BCUT2D eigenvalue weighted by atomic mass is 9.87. The SMILES string of the molecule is O=C(CN1CCCCCC1=O)N1CCN(C2CCc3ccccc3C2)CC1. The zero-order chi connectivity index (χ0) is 18.6. The molecule has 27 heavy (non-hydrogen) atoms. The molecule has 0 spiro atoms. The molecule has 5 heteroatoms. The van der Waals surface area contributed by atoms with E-state index in [4.69, 9.17) is 0 Å². The van der Waals surface area contributed by atoms with E-state index >= 15 is 0 Å². The van der Waals surface area contributed by atoms with Crippen molar-refractivity contribution in [2.75, 3.05) is 39.3 Å². The Kier molecular flexibility index (Phi) is 5.77. The molecule has 1 unspecified atom stereocenters. The third-order valence-electron chi connectivity index (χ3n) is 6.50. The number of fused-ring (bicyclic) bond motifs is 1. The number of rotatable bonds is 3. The van der Waals surface area contributed by atoms with Gasteiger partial charge in [-0.15, -0.1) is 0 Å². The lowest BCUT2D eigenvalue weighted by Gasteiger charge is -2.41. The Morgan fingerprint density at radius 3 is 2.52 bits per heavy atom. The van der Waals surface area contributed by atoms with Gasteiger partial charge in [-0.1, -0.05) is 30.7 Å². The van der Waals surface area contributed by atoms with E-state index in [-0.39, 0.29) is 18.4 Å². The lowest BCUT2D eigenvalue weighted by Crippen LogP contribution is -2.54. The highest BCUT2D eigenvalue weighted by Gasteiger charge is 2.29. The predicted octanol–water partition coefficient (Wildman–Crippen LogP) is 2.09. The molecule has 0 radical (unpaired) electrons. The number of amides is 2. The second-order valence-corrected chi connectivity index (χ2v) is 8.21. The Morgan fingerprint density at radius 2 is 1.70 bits per heavy atom. The van der Waals surface area contributed by atoms with Gasteiger partial charge in [0.2, 0.25) is 11.8 Å². The first-order valence-corrected chi connectivity index (χ1v) is 10.6. The molecule has 4 rings (SSSR count). The van der Waals surface area contributed by atoms with Gasteiger partial charge in [0.1, 0.15) is 0 Å². The number of likely N-dealkylation sites (tertiary alicyclic amines) is 1. The van der Waals surface area contributed by atoms with E-state index in [2.05, 4.69) is 29.2 Å². The predicted molar refractivity (Wildman–Crippen MR) is 105 cm³/mol. The Balaban J connectivity index is 1.27. The number of nitrogens with zero attached hydrogens (tertiary/aromatic N) is 3. The third-order valence-corrected chi connectivity index (χ3v) is 6.50. The fourth-order valence-corrected chi connectivity index (χ4v) is 4.80. The van der Waals surface area contributed by atoms with Crippen molar-refractivity contribution in [1.82, 2.24) is 14.7 Å². The second-order valence-electron chi connectivity index (χ2n) is 8.21. The first kappa shape index (κ1) is 18.5. The van der Waals surface area contributed by atoms with Crippen molar-refractivity contribution in [2.24, 2.45) is 0 Å².